The molecular weight excluding hydrogens is 370 g/mol. The van der Waals surface area contributed by atoms with E-state index in [0.29, 0.717) is 19.5 Å². The van der Waals surface area contributed by atoms with Crippen LogP contribution in [0.2, 0.25) is 0 Å². The SMILES string of the molecule is CSCCC(NS(=O)(=O)c1ccccc1)C(=O)N1CCNCC1.Cl. The van der Waals surface area contributed by atoms with E-state index < -0.39 is 16.1 Å². The Morgan fingerprint density at radius 1 is 1.29 bits per heavy atom. The molecule has 2 rings (SSSR count). The van der Waals surface area contributed by atoms with Crippen molar-refractivity contribution in [2.75, 3.05) is 38.2 Å². The molecule has 1 aliphatic rings. The van der Waals surface area contributed by atoms with Gasteiger partial charge >= 0.3 is 0 Å². The van der Waals surface area contributed by atoms with Crippen LogP contribution in [0, 0.1) is 0 Å². The number of rotatable bonds is 7. The highest BCUT2D eigenvalue weighted by Crippen LogP contribution is 2.12. The van der Waals surface area contributed by atoms with E-state index in [4.69, 9.17) is 0 Å². The fourth-order valence-corrected chi connectivity index (χ4v) is 4.15. The summed E-state index contributed by atoms with van der Waals surface area (Å²) in [7, 11) is -3.70. The number of nitrogens with one attached hydrogen (secondary N) is 2. The maximum atomic E-state index is 12.7. The van der Waals surface area contributed by atoms with Crippen LogP contribution in [-0.4, -0.2) is 63.5 Å². The van der Waals surface area contributed by atoms with Gasteiger partial charge in [-0.25, -0.2) is 8.42 Å². The van der Waals surface area contributed by atoms with Gasteiger partial charge in [0.2, 0.25) is 15.9 Å². The van der Waals surface area contributed by atoms with Crippen LogP contribution < -0.4 is 10.0 Å². The van der Waals surface area contributed by atoms with Crippen LogP contribution in [0.4, 0.5) is 0 Å². The third kappa shape index (κ3) is 5.93. The van der Waals surface area contributed by atoms with Gasteiger partial charge in [-0.3, -0.25) is 4.79 Å². The Kier molecular flexibility index (Phi) is 9.07. The van der Waals surface area contributed by atoms with Gasteiger partial charge in [-0.05, 0) is 30.6 Å². The first-order valence-electron chi connectivity index (χ1n) is 7.60. The maximum Gasteiger partial charge on any atom is 0.241 e. The van der Waals surface area contributed by atoms with Gasteiger partial charge in [0.05, 0.1) is 4.90 Å². The lowest BCUT2D eigenvalue weighted by Gasteiger charge is -2.31. The van der Waals surface area contributed by atoms with E-state index in [-0.39, 0.29) is 23.2 Å². The molecule has 0 bridgehead atoms. The van der Waals surface area contributed by atoms with Crippen LogP contribution in [0.5, 0.6) is 0 Å². The molecule has 0 saturated carbocycles. The second kappa shape index (κ2) is 10.2. The van der Waals surface area contributed by atoms with E-state index in [1.807, 2.05) is 6.26 Å². The summed E-state index contributed by atoms with van der Waals surface area (Å²) in [5, 5.41) is 3.19. The van der Waals surface area contributed by atoms with Gasteiger partial charge in [0.15, 0.2) is 0 Å². The van der Waals surface area contributed by atoms with Gasteiger partial charge in [0, 0.05) is 26.2 Å². The summed E-state index contributed by atoms with van der Waals surface area (Å²) in [6.45, 7) is 2.71. The fourth-order valence-electron chi connectivity index (χ4n) is 2.43. The zero-order chi connectivity index (χ0) is 16.7. The molecule has 1 heterocycles. The number of nitrogens with zero attached hydrogens (tertiary/aromatic N) is 1. The van der Waals surface area contributed by atoms with E-state index in [9.17, 15) is 13.2 Å². The molecule has 0 aromatic heterocycles. The van der Waals surface area contributed by atoms with Crippen LogP contribution in [0.3, 0.4) is 0 Å². The van der Waals surface area contributed by atoms with Crippen LogP contribution in [-0.2, 0) is 14.8 Å². The second-order valence-electron chi connectivity index (χ2n) is 5.34. The van der Waals surface area contributed by atoms with Gasteiger partial charge in [-0.15, -0.1) is 12.4 Å². The number of piperazine rings is 1. The number of amides is 1. The Hall–Kier alpha value is -0.800. The number of carbonyl (C=O) groups is 1. The van der Waals surface area contributed by atoms with Crippen molar-refractivity contribution in [3.05, 3.63) is 30.3 Å². The zero-order valence-electron chi connectivity index (χ0n) is 13.6. The van der Waals surface area contributed by atoms with Crippen molar-refractivity contribution in [1.29, 1.82) is 0 Å². The summed E-state index contributed by atoms with van der Waals surface area (Å²) in [4.78, 5) is 14.6. The Morgan fingerprint density at radius 2 is 1.92 bits per heavy atom. The van der Waals surface area contributed by atoms with Crippen molar-refractivity contribution in [3.63, 3.8) is 0 Å². The Morgan fingerprint density at radius 3 is 2.50 bits per heavy atom. The van der Waals surface area contributed by atoms with Gasteiger partial charge in [0.1, 0.15) is 6.04 Å². The van der Waals surface area contributed by atoms with Crippen LogP contribution >= 0.6 is 24.2 Å². The first-order valence-corrected chi connectivity index (χ1v) is 10.5. The van der Waals surface area contributed by atoms with E-state index in [1.165, 1.54) is 12.1 Å². The predicted octanol–water partition coefficient (Wildman–Crippen LogP) is 0.940. The first kappa shape index (κ1) is 21.2. The number of halogens is 1. The first-order chi connectivity index (χ1) is 11.0. The molecule has 136 valence electrons. The third-order valence-electron chi connectivity index (χ3n) is 3.69. The normalized spacial score (nSPS) is 16.3. The summed E-state index contributed by atoms with van der Waals surface area (Å²) in [5.41, 5.74) is 0. The molecule has 1 fully saturated rings. The summed E-state index contributed by atoms with van der Waals surface area (Å²) in [6, 6.07) is 7.45. The third-order valence-corrected chi connectivity index (χ3v) is 5.82. The van der Waals surface area contributed by atoms with Crippen LogP contribution in [0.25, 0.3) is 0 Å². The lowest BCUT2D eigenvalue weighted by Crippen LogP contribution is -2.54. The fraction of sp³-hybridized carbons (Fsp3) is 0.533. The molecule has 2 N–H and O–H groups in total. The highest BCUT2D eigenvalue weighted by Gasteiger charge is 2.29. The van der Waals surface area contributed by atoms with Crippen LogP contribution in [0.15, 0.2) is 35.2 Å². The van der Waals surface area contributed by atoms with E-state index in [1.54, 1.807) is 34.9 Å². The zero-order valence-corrected chi connectivity index (χ0v) is 16.1. The summed E-state index contributed by atoms with van der Waals surface area (Å²) in [6.07, 6.45) is 2.42. The Balaban J connectivity index is 0.00000288. The molecule has 1 aromatic rings. The summed E-state index contributed by atoms with van der Waals surface area (Å²) in [5.74, 6) is 0.583. The largest absolute Gasteiger partial charge is 0.339 e. The molecule has 1 saturated heterocycles. The Labute approximate surface area is 154 Å². The smallest absolute Gasteiger partial charge is 0.241 e. The standard InChI is InChI=1S/C15H23N3O3S2.ClH/c1-22-12-7-14(15(19)18-10-8-16-9-11-18)17-23(20,21)13-5-3-2-4-6-13;/h2-6,14,16-17H,7-12H2,1H3;1H. The molecule has 1 aliphatic heterocycles. The number of benzene rings is 1. The molecule has 9 heteroatoms. The highest BCUT2D eigenvalue weighted by atomic mass is 35.5. The molecule has 0 spiro atoms. The van der Waals surface area contributed by atoms with E-state index in [0.717, 1.165) is 18.8 Å². The van der Waals surface area contributed by atoms with Crippen molar-refractivity contribution < 1.29 is 13.2 Å². The number of hydrogen-bond acceptors (Lipinski definition) is 5. The topological polar surface area (TPSA) is 78.5 Å². The van der Waals surface area contributed by atoms with Crippen molar-refractivity contribution in [1.82, 2.24) is 14.9 Å². The molecule has 6 nitrogen and oxygen atoms in total. The highest BCUT2D eigenvalue weighted by molar-refractivity contribution is 7.98. The van der Waals surface area contributed by atoms with E-state index in [2.05, 4.69) is 10.0 Å². The summed E-state index contributed by atoms with van der Waals surface area (Å²) < 4.78 is 27.6. The van der Waals surface area contributed by atoms with Crippen LogP contribution in [0.1, 0.15) is 6.42 Å². The van der Waals surface area contributed by atoms with Gasteiger partial charge < -0.3 is 10.2 Å². The lowest BCUT2D eigenvalue weighted by atomic mass is 10.2. The molecule has 1 amide bonds. The number of carbonyl (C=O) groups excluding carboxylic acids is 1. The molecule has 1 aromatic carbocycles. The lowest BCUT2D eigenvalue weighted by molar-refractivity contribution is -0.133. The molecule has 1 unspecified atom stereocenters. The van der Waals surface area contributed by atoms with Crippen molar-refractivity contribution in [3.8, 4) is 0 Å². The quantitative estimate of drug-likeness (QED) is 0.720. The van der Waals surface area contributed by atoms with Gasteiger partial charge in [-0.2, -0.15) is 16.5 Å². The second-order valence-corrected chi connectivity index (χ2v) is 8.04. The number of thioether (sulfide) groups is 1. The van der Waals surface area contributed by atoms with E-state index >= 15 is 0 Å². The molecule has 0 radical (unpaired) electrons. The number of hydrogen-bond donors (Lipinski definition) is 2. The van der Waals surface area contributed by atoms with Gasteiger partial charge in [0.25, 0.3) is 0 Å². The maximum absolute atomic E-state index is 12.7. The molecule has 24 heavy (non-hydrogen) atoms. The molecular formula is C15H24ClN3O3S2. The molecule has 1 atom stereocenters. The minimum absolute atomic E-state index is 0. The Bertz CT molecular complexity index is 608. The minimum Gasteiger partial charge on any atom is -0.339 e. The van der Waals surface area contributed by atoms with Crippen molar-refractivity contribution in [2.45, 2.75) is 17.4 Å². The van der Waals surface area contributed by atoms with Gasteiger partial charge in [-0.1, -0.05) is 18.2 Å². The van der Waals surface area contributed by atoms with Crippen molar-refractivity contribution >= 4 is 40.1 Å². The monoisotopic (exact) mass is 393 g/mol. The predicted molar refractivity (Wildman–Crippen MR) is 100 cm³/mol. The minimum atomic E-state index is -3.70. The molecule has 0 aliphatic carbocycles. The van der Waals surface area contributed by atoms with Crippen molar-refractivity contribution in [2.24, 2.45) is 0 Å². The number of sulfonamides is 1. The average molecular weight is 394 g/mol. The summed E-state index contributed by atoms with van der Waals surface area (Å²) >= 11 is 1.60. The average Bonchev–Trinajstić information content (AvgIpc) is 2.59.